The molecule has 1 atom stereocenters. The van der Waals surface area contributed by atoms with E-state index < -0.39 is 6.04 Å². The van der Waals surface area contributed by atoms with Gasteiger partial charge in [-0.2, -0.15) is 0 Å². The second-order valence-electron chi connectivity index (χ2n) is 6.78. The molecule has 1 aliphatic carbocycles. The van der Waals surface area contributed by atoms with Gasteiger partial charge in [-0.15, -0.1) is 0 Å². The first-order valence-corrected chi connectivity index (χ1v) is 8.96. The van der Waals surface area contributed by atoms with Crippen LogP contribution in [0.3, 0.4) is 0 Å². The predicted molar refractivity (Wildman–Crippen MR) is 95.9 cm³/mol. The van der Waals surface area contributed by atoms with Crippen LogP contribution in [0.25, 0.3) is 0 Å². The van der Waals surface area contributed by atoms with Crippen LogP contribution in [0.5, 0.6) is 0 Å². The van der Waals surface area contributed by atoms with E-state index in [1.165, 1.54) is 7.05 Å². The van der Waals surface area contributed by atoms with Crippen molar-refractivity contribution in [3.8, 4) is 0 Å². The molecule has 26 heavy (non-hydrogen) atoms. The summed E-state index contributed by atoms with van der Waals surface area (Å²) in [6.45, 7) is 0.321. The van der Waals surface area contributed by atoms with E-state index in [9.17, 15) is 19.2 Å². The van der Waals surface area contributed by atoms with E-state index in [2.05, 4.69) is 10.6 Å². The number of Topliss-reactive ketones (excluding diaryl/α,β-unsaturated/α-hetero) is 2. The Labute approximate surface area is 152 Å². The molecule has 2 N–H and O–H groups in total. The van der Waals surface area contributed by atoms with Gasteiger partial charge in [0.05, 0.1) is 6.04 Å². The number of benzene rings is 1. The second-order valence-corrected chi connectivity index (χ2v) is 6.78. The van der Waals surface area contributed by atoms with Gasteiger partial charge in [0.25, 0.3) is 5.91 Å². The minimum absolute atomic E-state index is 0.0320. The molecular formula is C19H23N3O4. The maximum atomic E-state index is 12.8. The SMILES string of the molecule is CNC(=O)Nc1ccc2c(c1)CN(C1CCC(=O)CCCCC1=O)C2=O. The van der Waals surface area contributed by atoms with Crippen LogP contribution >= 0.6 is 0 Å². The summed E-state index contributed by atoms with van der Waals surface area (Å²) in [7, 11) is 1.53. The van der Waals surface area contributed by atoms with Crippen molar-refractivity contribution in [1.29, 1.82) is 0 Å². The summed E-state index contributed by atoms with van der Waals surface area (Å²) in [5.74, 6) is 0.00651. The fourth-order valence-corrected chi connectivity index (χ4v) is 3.57. The zero-order valence-corrected chi connectivity index (χ0v) is 14.8. The number of carbonyl (C=O) groups is 4. The first kappa shape index (κ1) is 18.1. The lowest BCUT2D eigenvalue weighted by molar-refractivity contribution is -0.124. The van der Waals surface area contributed by atoms with Gasteiger partial charge in [-0.25, -0.2) is 4.79 Å². The topological polar surface area (TPSA) is 95.6 Å². The molecule has 3 rings (SSSR count). The zero-order chi connectivity index (χ0) is 18.7. The van der Waals surface area contributed by atoms with E-state index in [1.807, 2.05) is 0 Å². The van der Waals surface area contributed by atoms with Gasteiger partial charge in [-0.1, -0.05) is 0 Å². The van der Waals surface area contributed by atoms with Crippen molar-refractivity contribution in [3.05, 3.63) is 29.3 Å². The molecule has 1 aromatic rings. The number of hydrogen-bond acceptors (Lipinski definition) is 4. The molecule has 2 aliphatic rings. The summed E-state index contributed by atoms with van der Waals surface area (Å²) in [6.07, 6.45) is 3.07. The summed E-state index contributed by atoms with van der Waals surface area (Å²) in [5.41, 5.74) is 1.92. The minimum Gasteiger partial charge on any atom is -0.341 e. The van der Waals surface area contributed by atoms with E-state index in [1.54, 1.807) is 23.1 Å². The molecule has 0 spiro atoms. The molecule has 1 saturated carbocycles. The first-order valence-electron chi connectivity index (χ1n) is 8.96. The highest BCUT2D eigenvalue weighted by Crippen LogP contribution is 2.30. The lowest BCUT2D eigenvalue weighted by Crippen LogP contribution is -2.41. The Morgan fingerprint density at radius 2 is 1.88 bits per heavy atom. The van der Waals surface area contributed by atoms with Gasteiger partial charge in [0.15, 0.2) is 5.78 Å². The van der Waals surface area contributed by atoms with Crippen molar-refractivity contribution in [2.24, 2.45) is 0 Å². The van der Waals surface area contributed by atoms with Gasteiger partial charge in [0.2, 0.25) is 0 Å². The lowest BCUT2D eigenvalue weighted by Gasteiger charge is -2.26. The number of ketones is 2. The van der Waals surface area contributed by atoms with Gasteiger partial charge < -0.3 is 15.5 Å². The Kier molecular flexibility index (Phi) is 5.35. The average molecular weight is 357 g/mol. The second kappa shape index (κ2) is 7.68. The third-order valence-corrected chi connectivity index (χ3v) is 5.00. The van der Waals surface area contributed by atoms with Crippen molar-refractivity contribution in [2.45, 2.75) is 51.1 Å². The van der Waals surface area contributed by atoms with Crippen molar-refractivity contribution >= 4 is 29.2 Å². The Bertz CT molecular complexity index is 759. The van der Waals surface area contributed by atoms with Gasteiger partial charge in [-0.3, -0.25) is 14.4 Å². The maximum absolute atomic E-state index is 12.8. The summed E-state index contributed by atoms with van der Waals surface area (Å²) in [4.78, 5) is 50.3. The zero-order valence-electron chi connectivity index (χ0n) is 14.8. The molecule has 0 aromatic heterocycles. The maximum Gasteiger partial charge on any atom is 0.318 e. The van der Waals surface area contributed by atoms with Gasteiger partial charge in [0, 0.05) is 44.1 Å². The summed E-state index contributed by atoms with van der Waals surface area (Å²) in [6, 6.07) is 4.22. The number of nitrogens with one attached hydrogen (secondary N) is 2. The summed E-state index contributed by atoms with van der Waals surface area (Å²) in [5, 5.41) is 5.16. The first-order chi connectivity index (χ1) is 12.5. The van der Waals surface area contributed by atoms with Crippen LogP contribution in [-0.2, 0) is 16.1 Å². The molecule has 1 fully saturated rings. The van der Waals surface area contributed by atoms with Crippen LogP contribution in [-0.4, -0.2) is 41.5 Å². The number of carbonyl (C=O) groups excluding carboxylic acids is 4. The molecule has 1 aromatic carbocycles. The Morgan fingerprint density at radius 1 is 1.12 bits per heavy atom. The molecule has 1 heterocycles. The van der Waals surface area contributed by atoms with Crippen LogP contribution in [0.1, 0.15) is 54.4 Å². The Morgan fingerprint density at radius 3 is 2.65 bits per heavy atom. The van der Waals surface area contributed by atoms with E-state index in [0.717, 1.165) is 12.0 Å². The highest BCUT2D eigenvalue weighted by atomic mass is 16.2. The number of anilines is 1. The number of hydrogen-bond donors (Lipinski definition) is 2. The molecule has 0 bridgehead atoms. The number of urea groups is 1. The lowest BCUT2D eigenvalue weighted by atomic mass is 10.0. The Balaban J connectivity index is 1.80. The molecular weight excluding hydrogens is 334 g/mol. The molecule has 1 aliphatic heterocycles. The quantitative estimate of drug-likeness (QED) is 0.849. The van der Waals surface area contributed by atoms with Crippen LogP contribution in [0.15, 0.2) is 18.2 Å². The molecule has 1 unspecified atom stereocenters. The molecule has 7 nitrogen and oxygen atoms in total. The highest BCUT2D eigenvalue weighted by Gasteiger charge is 2.36. The van der Waals surface area contributed by atoms with Crippen LogP contribution < -0.4 is 10.6 Å². The number of rotatable bonds is 2. The van der Waals surface area contributed by atoms with E-state index in [0.29, 0.717) is 49.9 Å². The fourth-order valence-electron chi connectivity index (χ4n) is 3.57. The molecule has 7 heteroatoms. The molecule has 0 saturated heterocycles. The van der Waals surface area contributed by atoms with Crippen molar-refractivity contribution < 1.29 is 19.2 Å². The van der Waals surface area contributed by atoms with Gasteiger partial charge >= 0.3 is 6.03 Å². The fraction of sp³-hybridized carbons (Fsp3) is 0.474. The van der Waals surface area contributed by atoms with E-state index in [4.69, 9.17) is 0 Å². The predicted octanol–water partition coefficient (Wildman–Crippen LogP) is 2.25. The van der Waals surface area contributed by atoms with Crippen LogP contribution in [0.2, 0.25) is 0 Å². The normalized spacial score (nSPS) is 20.9. The van der Waals surface area contributed by atoms with E-state index >= 15 is 0 Å². The standard InChI is InChI=1S/C19H23N3O4/c1-20-19(26)21-13-6-8-15-12(10-13)11-22(18(15)25)16-9-7-14(23)4-2-3-5-17(16)24/h6,8,10,16H,2-5,7,9,11H2,1H3,(H2,20,21,26). The van der Waals surface area contributed by atoms with Gasteiger partial charge in [0.1, 0.15) is 5.78 Å². The third-order valence-electron chi connectivity index (χ3n) is 5.00. The third kappa shape index (κ3) is 3.76. The van der Waals surface area contributed by atoms with Gasteiger partial charge in [-0.05, 0) is 43.0 Å². The van der Waals surface area contributed by atoms with Crippen molar-refractivity contribution in [3.63, 3.8) is 0 Å². The van der Waals surface area contributed by atoms with E-state index in [-0.39, 0.29) is 23.5 Å². The number of fused-ring (bicyclic) bond motifs is 1. The monoisotopic (exact) mass is 357 g/mol. The summed E-state index contributed by atoms with van der Waals surface area (Å²) < 4.78 is 0. The molecule has 0 radical (unpaired) electrons. The number of amides is 3. The number of nitrogens with zero attached hydrogens (tertiary/aromatic N) is 1. The largest absolute Gasteiger partial charge is 0.341 e. The average Bonchev–Trinajstić information content (AvgIpc) is 2.97. The highest BCUT2D eigenvalue weighted by molar-refractivity contribution is 6.02. The molecule has 138 valence electrons. The van der Waals surface area contributed by atoms with Crippen LogP contribution in [0, 0.1) is 0 Å². The van der Waals surface area contributed by atoms with Crippen molar-refractivity contribution in [2.75, 3.05) is 12.4 Å². The minimum atomic E-state index is -0.549. The Hall–Kier alpha value is -2.70. The summed E-state index contributed by atoms with van der Waals surface area (Å²) >= 11 is 0. The van der Waals surface area contributed by atoms with Crippen LogP contribution in [0.4, 0.5) is 10.5 Å². The van der Waals surface area contributed by atoms with Crippen molar-refractivity contribution in [1.82, 2.24) is 10.2 Å². The smallest absolute Gasteiger partial charge is 0.318 e. The molecule has 3 amide bonds.